The maximum absolute atomic E-state index is 4.36. The van der Waals surface area contributed by atoms with Crippen LogP contribution in [0.25, 0.3) is 0 Å². The Morgan fingerprint density at radius 1 is 1.32 bits per heavy atom. The Hall–Kier alpha value is -1.19. The lowest BCUT2D eigenvalue weighted by molar-refractivity contribution is 0.597. The number of aromatic nitrogens is 1. The maximum Gasteiger partial charge on any atom is 0.0798 e. The van der Waals surface area contributed by atoms with Crippen LogP contribution in [0.5, 0.6) is 0 Å². The summed E-state index contributed by atoms with van der Waals surface area (Å²) in [5.74, 6) is 0. The van der Waals surface area contributed by atoms with E-state index in [9.17, 15) is 0 Å². The van der Waals surface area contributed by atoms with Crippen LogP contribution in [0.1, 0.15) is 39.7 Å². The van der Waals surface area contributed by atoms with Gasteiger partial charge in [0.05, 0.1) is 11.2 Å². The average Bonchev–Trinajstić information content (AvgIpc) is 3.04. The van der Waals surface area contributed by atoms with E-state index in [2.05, 4.69) is 35.4 Å². The van der Waals surface area contributed by atoms with Crippen molar-refractivity contribution >= 4 is 11.3 Å². The van der Waals surface area contributed by atoms with Crippen molar-refractivity contribution in [2.45, 2.75) is 38.6 Å². The molecule has 2 nitrogen and oxygen atoms in total. The van der Waals surface area contributed by atoms with Gasteiger partial charge in [0.25, 0.3) is 0 Å². The van der Waals surface area contributed by atoms with Gasteiger partial charge in [0.1, 0.15) is 0 Å². The Kier molecular flexibility index (Phi) is 3.67. The number of aryl methyl sites for hydroxylation is 3. The number of benzene rings is 1. The van der Waals surface area contributed by atoms with Crippen LogP contribution < -0.4 is 5.32 Å². The number of hydrogen-bond acceptors (Lipinski definition) is 3. The summed E-state index contributed by atoms with van der Waals surface area (Å²) >= 11 is 1.75. The van der Waals surface area contributed by atoms with Crippen molar-refractivity contribution in [2.24, 2.45) is 0 Å². The summed E-state index contributed by atoms with van der Waals surface area (Å²) in [5, 5.41) is 3.43. The summed E-state index contributed by atoms with van der Waals surface area (Å²) in [6.45, 7) is 2.10. The van der Waals surface area contributed by atoms with Crippen LogP contribution in [0.3, 0.4) is 0 Å². The molecule has 0 spiro atoms. The fraction of sp³-hybridized carbons (Fsp3) is 0.438. The molecular formula is C16H20N2S. The molecular weight excluding hydrogens is 252 g/mol. The molecule has 3 heteroatoms. The second-order valence-corrected chi connectivity index (χ2v) is 6.19. The Bertz CT molecular complexity index is 574. The highest BCUT2D eigenvalue weighted by molar-refractivity contribution is 7.09. The number of fused-ring (bicyclic) bond motifs is 1. The smallest absolute Gasteiger partial charge is 0.0798 e. The molecule has 1 unspecified atom stereocenters. The van der Waals surface area contributed by atoms with Crippen LogP contribution in [-0.4, -0.2) is 12.0 Å². The van der Waals surface area contributed by atoms with E-state index in [1.807, 2.05) is 12.6 Å². The number of thiazole rings is 1. The van der Waals surface area contributed by atoms with Gasteiger partial charge in [-0.2, -0.15) is 0 Å². The van der Waals surface area contributed by atoms with Crippen molar-refractivity contribution in [3.8, 4) is 0 Å². The summed E-state index contributed by atoms with van der Waals surface area (Å²) in [7, 11) is 2.04. The molecule has 1 aromatic heterocycles. The summed E-state index contributed by atoms with van der Waals surface area (Å²) in [6, 6.07) is 7.41. The van der Waals surface area contributed by atoms with Crippen LogP contribution in [0, 0.1) is 6.92 Å². The van der Waals surface area contributed by atoms with Gasteiger partial charge in [-0.3, -0.25) is 0 Å². The molecule has 100 valence electrons. The van der Waals surface area contributed by atoms with Crippen molar-refractivity contribution in [3.05, 3.63) is 51.0 Å². The van der Waals surface area contributed by atoms with Gasteiger partial charge in [-0.1, -0.05) is 18.2 Å². The zero-order valence-corrected chi connectivity index (χ0v) is 12.4. The summed E-state index contributed by atoms with van der Waals surface area (Å²) in [5.41, 5.74) is 7.66. The second-order valence-electron chi connectivity index (χ2n) is 5.30. The summed E-state index contributed by atoms with van der Waals surface area (Å²) in [4.78, 5) is 5.73. The Morgan fingerprint density at radius 3 is 2.89 bits per heavy atom. The van der Waals surface area contributed by atoms with Crippen molar-refractivity contribution in [1.82, 2.24) is 10.3 Å². The molecule has 0 bridgehead atoms. The minimum Gasteiger partial charge on any atom is -0.312 e. The zero-order valence-electron chi connectivity index (χ0n) is 11.6. The first-order valence-electron chi connectivity index (χ1n) is 6.96. The monoisotopic (exact) mass is 272 g/mol. The molecule has 0 saturated heterocycles. The third kappa shape index (κ3) is 2.58. The number of likely N-dealkylation sites (N-methyl/N-ethyl adjacent to an activating group) is 1. The molecule has 0 radical (unpaired) electrons. The van der Waals surface area contributed by atoms with E-state index in [0.29, 0.717) is 6.04 Å². The molecule has 0 fully saturated rings. The van der Waals surface area contributed by atoms with Crippen molar-refractivity contribution in [3.63, 3.8) is 0 Å². The Labute approximate surface area is 118 Å². The van der Waals surface area contributed by atoms with Gasteiger partial charge in [-0.15, -0.1) is 11.3 Å². The maximum atomic E-state index is 4.36. The standard InChI is InChI=1S/C16H20N2S/c1-11-16(19-10-18-11)15(17-2)9-12-6-7-13-4-3-5-14(13)8-12/h6-8,10,15,17H,3-5,9H2,1-2H3. The Balaban J connectivity index is 1.81. The van der Waals surface area contributed by atoms with Crippen LogP contribution in [0.4, 0.5) is 0 Å². The quantitative estimate of drug-likeness (QED) is 0.922. The molecule has 0 amide bonds. The third-order valence-corrected chi connectivity index (χ3v) is 5.09. The highest BCUT2D eigenvalue weighted by atomic mass is 32.1. The molecule has 1 aromatic carbocycles. The minimum absolute atomic E-state index is 0.381. The van der Waals surface area contributed by atoms with Gasteiger partial charge < -0.3 is 5.32 Å². The molecule has 0 aliphatic heterocycles. The van der Waals surface area contributed by atoms with Gasteiger partial charge in [-0.05, 0) is 56.3 Å². The fourth-order valence-electron chi connectivity index (χ4n) is 2.96. The van der Waals surface area contributed by atoms with E-state index >= 15 is 0 Å². The predicted octanol–water partition coefficient (Wildman–Crippen LogP) is 3.44. The largest absolute Gasteiger partial charge is 0.312 e. The lowest BCUT2D eigenvalue weighted by atomic mass is 10.00. The molecule has 3 rings (SSSR count). The zero-order chi connectivity index (χ0) is 13.2. The van der Waals surface area contributed by atoms with Gasteiger partial charge in [0.2, 0.25) is 0 Å². The molecule has 1 heterocycles. The highest BCUT2D eigenvalue weighted by Gasteiger charge is 2.16. The van der Waals surface area contributed by atoms with E-state index in [1.165, 1.54) is 29.7 Å². The van der Waals surface area contributed by atoms with Crippen molar-refractivity contribution in [2.75, 3.05) is 7.05 Å². The van der Waals surface area contributed by atoms with E-state index in [4.69, 9.17) is 0 Å². The predicted molar refractivity (Wildman–Crippen MR) is 80.8 cm³/mol. The van der Waals surface area contributed by atoms with Gasteiger partial charge in [-0.25, -0.2) is 4.98 Å². The molecule has 1 aliphatic rings. The number of nitrogens with one attached hydrogen (secondary N) is 1. The van der Waals surface area contributed by atoms with Crippen LogP contribution in [0.2, 0.25) is 0 Å². The number of nitrogens with zero attached hydrogens (tertiary/aromatic N) is 1. The second kappa shape index (κ2) is 5.43. The van der Waals surface area contributed by atoms with Crippen LogP contribution >= 0.6 is 11.3 Å². The average molecular weight is 272 g/mol. The Morgan fingerprint density at radius 2 is 2.16 bits per heavy atom. The highest BCUT2D eigenvalue weighted by Crippen LogP contribution is 2.28. The molecule has 1 N–H and O–H groups in total. The minimum atomic E-state index is 0.381. The lowest BCUT2D eigenvalue weighted by Crippen LogP contribution is -2.18. The first kappa shape index (κ1) is 12.8. The molecule has 0 saturated carbocycles. The molecule has 2 aromatic rings. The van der Waals surface area contributed by atoms with Crippen molar-refractivity contribution < 1.29 is 0 Å². The fourth-order valence-corrected chi connectivity index (χ4v) is 3.87. The van der Waals surface area contributed by atoms with Gasteiger partial charge in [0.15, 0.2) is 0 Å². The topological polar surface area (TPSA) is 24.9 Å². The van der Waals surface area contributed by atoms with Crippen LogP contribution in [0.15, 0.2) is 23.7 Å². The summed E-state index contributed by atoms with van der Waals surface area (Å²) < 4.78 is 0. The van der Waals surface area contributed by atoms with Crippen molar-refractivity contribution in [1.29, 1.82) is 0 Å². The lowest BCUT2D eigenvalue weighted by Gasteiger charge is -2.16. The normalized spacial score (nSPS) is 15.5. The third-order valence-electron chi connectivity index (χ3n) is 4.05. The number of hydrogen-bond donors (Lipinski definition) is 1. The van der Waals surface area contributed by atoms with E-state index in [0.717, 1.165) is 12.1 Å². The summed E-state index contributed by atoms with van der Waals surface area (Å²) in [6.07, 6.45) is 4.89. The van der Waals surface area contributed by atoms with E-state index in [1.54, 1.807) is 22.5 Å². The van der Waals surface area contributed by atoms with Gasteiger partial charge in [0, 0.05) is 10.9 Å². The first-order valence-corrected chi connectivity index (χ1v) is 7.84. The molecule has 1 aliphatic carbocycles. The van der Waals surface area contributed by atoms with Gasteiger partial charge >= 0.3 is 0 Å². The number of rotatable bonds is 4. The van der Waals surface area contributed by atoms with E-state index in [-0.39, 0.29) is 0 Å². The molecule has 1 atom stereocenters. The van der Waals surface area contributed by atoms with Crippen LogP contribution in [-0.2, 0) is 19.3 Å². The van der Waals surface area contributed by atoms with E-state index < -0.39 is 0 Å². The molecule has 19 heavy (non-hydrogen) atoms. The SMILES string of the molecule is CNC(Cc1ccc2c(c1)CCC2)c1scnc1C. The first-order chi connectivity index (χ1) is 9.28.